The monoisotopic (exact) mass is 335 g/mol. The van der Waals surface area contributed by atoms with Crippen molar-refractivity contribution in [2.45, 2.75) is 26.4 Å². The molecule has 1 heterocycles. The summed E-state index contributed by atoms with van der Waals surface area (Å²) in [5.74, 6) is -0.196. The van der Waals surface area contributed by atoms with Gasteiger partial charge in [-0.3, -0.25) is 9.59 Å². The van der Waals surface area contributed by atoms with Crippen LogP contribution in [-0.2, 0) is 13.1 Å². The highest BCUT2D eigenvalue weighted by Crippen LogP contribution is 2.20. The zero-order valence-electron chi connectivity index (χ0n) is 14.5. The van der Waals surface area contributed by atoms with Crippen LogP contribution < -0.4 is 5.56 Å². The Morgan fingerprint density at radius 1 is 1.08 bits per heavy atom. The molecular formula is C20H21N3O2. The topological polar surface area (TPSA) is 55.2 Å². The second kappa shape index (κ2) is 7.30. The summed E-state index contributed by atoms with van der Waals surface area (Å²) in [6.07, 6.45) is 0.788. The molecule has 0 unspecified atom stereocenters. The molecule has 0 aliphatic heterocycles. The minimum Gasteiger partial charge on any atom is -0.336 e. The maximum atomic E-state index is 12.7. The zero-order valence-corrected chi connectivity index (χ0v) is 14.5. The van der Waals surface area contributed by atoms with E-state index in [4.69, 9.17) is 0 Å². The van der Waals surface area contributed by atoms with Crippen molar-refractivity contribution in [3.63, 3.8) is 0 Å². The number of aryl methyl sites for hydroxylation is 1. The molecule has 1 amide bonds. The van der Waals surface area contributed by atoms with Crippen LogP contribution >= 0.6 is 0 Å². The Morgan fingerprint density at radius 3 is 2.64 bits per heavy atom. The van der Waals surface area contributed by atoms with Gasteiger partial charge in [-0.1, -0.05) is 49.4 Å². The number of carbonyl (C=O) groups is 1. The minimum absolute atomic E-state index is 0.185. The van der Waals surface area contributed by atoms with E-state index in [1.54, 1.807) is 11.9 Å². The van der Waals surface area contributed by atoms with Crippen molar-refractivity contribution < 1.29 is 4.79 Å². The molecule has 0 fully saturated rings. The van der Waals surface area contributed by atoms with Gasteiger partial charge < -0.3 is 4.90 Å². The highest BCUT2D eigenvalue weighted by molar-refractivity contribution is 5.92. The van der Waals surface area contributed by atoms with E-state index in [0.29, 0.717) is 13.1 Å². The number of carbonyl (C=O) groups excluding carboxylic acids is 1. The van der Waals surface area contributed by atoms with Crippen molar-refractivity contribution in [2.75, 3.05) is 7.05 Å². The summed E-state index contributed by atoms with van der Waals surface area (Å²) >= 11 is 0. The predicted octanol–water partition coefficient (Wildman–Crippen LogP) is 3.08. The molecule has 3 aromatic rings. The smallest absolute Gasteiger partial charge is 0.274 e. The van der Waals surface area contributed by atoms with Crippen LogP contribution in [-0.4, -0.2) is 27.6 Å². The molecule has 0 saturated carbocycles. The quantitative estimate of drug-likeness (QED) is 0.720. The van der Waals surface area contributed by atoms with Crippen LogP contribution in [0.4, 0.5) is 0 Å². The number of nitrogens with zero attached hydrogens (tertiary/aromatic N) is 3. The molecule has 0 saturated heterocycles. The van der Waals surface area contributed by atoms with Crippen LogP contribution in [0, 0.1) is 0 Å². The predicted molar refractivity (Wildman–Crippen MR) is 98.5 cm³/mol. The summed E-state index contributed by atoms with van der Waals surface area (Å²) in [5.41, 5.74) is 1.18. The van der Waals surface area contributed by atoms with Gasteiger partial charge in [-0.2, -0.15) is 5.10 Å². The number of hydrogen-bond acceptors (Lipinski definition) is 3. The molecule has 0 atom stereocenters. The number of aromatic nitrogens is 2. The standard InChI is InChI=1S/C20H21N3O2/c1-3-13-23-19(24)12-11-18(21-23)20(25)22(2)14-16-9-6-8-15-7-4-5-10-17(15)16/h4-12H,3,13-14H2,1-2H3. The van der Waals surface area contributed by atoms with Gasteiger partial charge in [0.15, 0.2) is 0 Å². The molecule has 5 nitrogen and oxygen atoms in total. The van der Waals surface area contributed by atoms with Gasteiger partial charge in [-0.05, 0) is 28.8 Å². The average Bonchev–Trinajstić information content (AvgIpc) is 2.63. The molecule has 128 valence electrons. The van der Waals surface area contributed by atoms with E-state index < -0.39 is 0 Å². The maximum Gasteiger partial charge on any atom is 0.274 e. The van der Waals surface area contributed by atoms with Gasteiger partial charge in [0.25, 0.3) is 11.5 Å². The average molecular weight is 335 g/mol. The lowest BCUT2D eigenvalue weighted by atomic mass is 10.0. The van der Waals surface area contributed by atoms with Gasteiger partial charge in [0.05, 0.1) is 0 Å². The highest BCUT2D eigenvalue weighted by Gasteiger charge is 2.15. The van der Waals surface area contributed by atoms with Crippen LogP contribution in [0.1, 0.15) is 29.4 Å². The second-order valence-electron chi connectivity index (χ2n) is 6.08. The van der Waals surface area contributed by atoms with Gasteiger partial charge in [0.1, 0.15) is 5.69 Å². The number of rotatable bonds is 5. The Kier molecular flexibility index (Phi) is 4.93. The second-order valence-corrected chi connectivity index (χ2v) is 6.08. The first-order valence-electron chi connectivity index (χ1n) is 8.40. The lowest BCUT2D eigenvalue weighted by molar-refractivity contribution is 0.0777. The number of amides is 1. The fraction of sp³-hybridized carbons (Fsp3) is 0.250. The minimum atomic E-state index is -0.196. The van der Waals surface area contributed by atoms with Gasteiger partial charge in [-0.15, -0.1) is 0 Å². The fourth-order valence-electron chi connectivity index (χ4n) is 2.89. The van der Waals surface area contributed by atoms with Gasteiger partial charge in [0, 0.05) is 26.2 Å². The Hall–Kier alpha value is -2.95. The summed E-state index contributed by atoms with van der Waals surface area (Å²) in [4.78, 5) is 26.1. The maximum absolute atomic E-state index is 12.7. The first-order valence-corrected chi connectivity index (χ1v) is 8.40. The van der Waals surface area contributed by atoms with Crippen LogP contribution in [0.15, 0.2) is 59.4 Å². The lowest BCUT2D eigenvalue weighted by Crippen LogP contribution is -2.31. The van der Waals surface area contributed by atoms with E-state index in [-0.39, 0.29) is 17.2 Å². The van der Waals surface area contributed by atoms with Crippen LogP contribution in [0.2, 0.25) is 0 Å². The van der Waals surface area contributed by atoms with Gasteiger partial charge >= 0.3 is 0 Å². The molecular weight excluding hydrogens is 314 g/mol. The van der Waals surface area contributed by atoms with E-state index in [2.05, 4.69) is 23.3 Å². The van der Waals surface area contributed by atoms with E-state index >= 15 is 0 Å². The van der Waals surface area contributed by atoms with Crippen molar-refractivity contribution in [3.8, 4) is 0 Å². The third-order valence-electron chi connectivity index (χ3n) is 4.16. The van der Waals surface area contributed by atoms with Crippen molar-refractivity contribution >= 4 is 16.7 Å². The van der Waals surface area contributed by atoms with E-state index in [1.165, 1.54) is 16.8 Å². The number of benzene rings is 2. The molecule has 2 aromatic carbocycles. The lowest BCUT2D eigenvalue weighted by Gasteiger charge is -2.18. The summed E-state index contributed by atoms with van der Waals surface area (Å²) in [6, 6.07) is 17.1. The van der Waals surface area contributed by atoms with E-state index in [0.717, 1.165) is 22.8 Å². The van der Waals surface area contributed by atoms with Crippen LogP contribution in [0.5, 0.6) is 0 Å². The number of hydrogen-bond donors (Lipinski definition) is 0. The van der Waals surface area contributed by atoms with Crippen LogP contribution in [0.3, 0.4) is 0 Å². The molecule has 0 aliphatic carbocycles. The van der Waals surface area contributed by atoms with Crippen LogP contribution in [0.25, 0.3) is 10.8 Å². The molecule has 0 spiro atoms. The summed E-state index contributed by atoms with van der Waals surface area (Å²) < 4.78 is 1.35. The van der Waals surface area contributed by atoms with Crippen molar-refractivity contribution in [2.24, 2.45) is 0 Å². The summed E-state index contributed by atoms with van der Waals surface area (Å²) in [7, 11) is 1.75. The Bertz CT molecular complexity index is 957. The Balaban J connectivity index is 1.85. The normalized spacial score (nSPS) is 10.8. The molecule has 1 aromatic heterocycles. The fourth-order valence-corrected chi connectivity index (χ4v) is 2.89. The molecule has 0 aliphatic rings. The summed E-state index contributed by atoms with van der Waals surface area (Å²) in [6.45, 7) is 2.96. The van der Waals surface area contributed by atoms with Crippen molar-refractivity contribution in [1.29, 1.82) is 0 Å². The molecule has 3 rings (SSSR count). The first kappa shape index (κ1) is 16.9. The third kappa shape index (κ3) is 3.60. The molecule has 5 heteroatoms. The highest BCUT2D eigenvalue weighted by atomic mass is 16.2. The van der Waals surface area contributed by atoms with E-state index in [9.17, 15) is 9.59 Å². The van der Waals surface area contributed by atoms with Gasteiger partial charge in [0.2, 0.25) is 0 Å². The third-order valence-corrected chi connectivity index (χ3v) is 4.16. The molecule has 25 heavy (non-hydrogen) atoms. The first-order chi connectivity index (χ1) is 12.1. The van der Waals surface area contributed by atoms with E-state index in [1.807, 2.05) is 31.2 Å². The van der Waals surface area contributed by atoms with Gasteiger partial charge in [-0.25, -0.2) is 4.68 Å². The molecule has 0 bridgehead atoms. The summed E-state index contributed by atoms with van der Waals surface area (Å²) in [5, 5.41) is 6.48. The van der Waals surface area contributed by atoms with Crippen molar-refractivity contribution in [3.05, 3.63) is 76.2 Å². The SMILES string of the molecule is CCCn1nc(C(=O)N(C)Cc2cccc3ccccc23)ccc1=O. The Labute approximate surface area is 146 Å². The largest absolute Gasteiger partial charge is 0.336 e. The zero-order chi connectivity index (χ0) is 17.8. The Morgan fingerprint density at radius 2 is 1.84 bits per heavy atom. The number of fused-ring (bicyclic) bond motifs is 1. The molecule has 0 radical (unpaired) electrons. The molecule has 0 N–H and O–H groups in total. The van der Waals surface area contributed by atoms with Crippen molar-refractivity contribution in [1.82, 2.24) is 14.7 Å².